The molecule has 1 rings (SSSR count). The average molecular weight is 266 g/mol. The lowest BCUT2D eigenvalue weighted by Gasteiger charge is -2.08. The van der Waals surface area contributed by atoms with Crippen molar-refractivity contribution in [3.63, 3.8) is 0 Å². The predicted molar refractivity (Wildman–Crippen MR) is 71.2 cm³/mol. The van der Waals surface area contributed by atoms with E-state index in [0.717, 1.165) is 5.69 Å². The van der Waals surface area contributed by atoms with Crippen LogP contribution >= 0.6 is 0 Å². The molecule has 1 aromatic rings. The van der Waals surface area contributed by atoms with Crippen LogP contribution in [0.2, 0.25) is 0 Å². The standard InChI is InChI=1S/C13H18N2O4/c1-18-8-7-14-12(16)9-15-11-5-3-10(4-6-11)13(17)19-2/h3-6,15H,7-9H2,1-2H3,(H,14,16). The number of nitrogens with one attached hydrogen (secondary N) is 2. The van der Waals surface area contributed by atoms with Crippen LogP contribution in [0.15, 0.2) is 24.3 Å². The average Bonchev–Trinajstić information content (AvgIpc) is 2.45. The first-order valence-corrected chi connectivity index (χ1v) is 5.85. The number of ether oxygens (including phenoxy) is 2. The minimum absolute atomic E-state index is 0.117. The SMILES string of the molecule is COCCNC(=O)CNc1ccc(C(=O)OC)cc1. The third-order valence-corrected chi connectivity index (χ3v) is 2.39. The summed E-state index contributed by atoms with van der Waals surface area (Å²) in [6.07, 6.45) is 0. The van der Waals surface area contributed by atoms with Crippen LogP contribution in [-0.4, -0.2) is 45.8 Å². The maximum absolute atomic E-state index is 11.4. The fourth-order valence-electron chi connectivity index (χ4n) is 1.38. The molecule has 1 aromatic carbocycles. The quantitative estimate of drug-likeness (QED) is 0.559. The molecule has 2 N–H and O–H groups in total. The van der Waals surface area contributed by atoms with E-state index in [1.807, 2.05) is 0 Å². The zero-order valence-electron chi connectivity index (χ0n) is 11.1. The molecule has 0 aliphatic rings. The first-order valence-electron chi connectivity index (χ1n) is 5.85. The molecule has 0 saturated heterocycles. The van der Waals surface area contributed by atoms with Crippen molar-refractivity contribution in [2.75, 3.05) is 39.2 Å². The van der Waals surface area contributed by atoms with Gasteiger partial charge in [-0.05, 0) is 24.3 Å². The molecule has 6 nitrogen and oxygen atoms in total. The van der Waals surface area contributed by atoms with Gasteiger partial charge in [0.05, 0.1) is 25.8 Å². The van der Waals surface area contributed by atoms with Crippen molar-refractivity contribution < 1.29 is 19.1 Å². The molecule has 104 valence electrons. The highest BCUT2D eigenvalue weighted by Gasteiger charge is 2.05. The molecule has 0 fully saturated rings. The molecule has 0 unspecified atom stereocenters. The molecule has 19 heavy (non-hydrogen) atoms. The number of esters is 1. The number of carbonyl (C=O) groups excluding carboxylic acids is 2. The number of hydrogen-bond acceptors (Lipinski definition) is 5. The van der Waals surface area contributed by atoms with Gasteiger partial charge in [0.1, 0.15) is 0 Å². The number of methoxy groups -OCH3 is 2. The van der Waals surface area contributed by atoms with Gasteiger partial charge in [0, 0.05) is 19.3 Å². The van der Waals surface area contributed by atoms with E-state index in [1.54, 1.807) is 31.4 Å². The molecule has 0 heterocycles. The van der Waals surface area contributed by atoms with Gasteiger partial charge in [-0.3, -0.25) is 4.79 Å². The molecule has 0 bridgehead atoms. The van der Waals surface area contributed by atoms with Crippen molar-refractivity contribution in [3.05, 3.63) is 29.8 Å². The summed E-state index contributed by atoms with van der Waals surface area (Å²) in [6, 6.07) is 6.71. The smallest absolute Gasteiger partial charge is 0.337 e. The Morgan fingerprint density at radius 3 is 2.42 bits per heavy atom. The number of rotatable bonds is 7. The van der Waals surface area contributed by atoms with Crippen LogP contribution in [0.25, 0.3) is 0 Å². The highest BCUT2D eigenvalue weighted by atomic mass is 16.5. The third-order valence-electron chi connectivity index (χ3n) is 2.39. The Labute approximate surface area is 112 Å². The van der Waals surface area contributed by atoms with E-state index in [-0.39, 0.29) is 18.4 Å². The second kappa shape index (κ2) is 8.10. The lowest BCUT2D eigenvalue weighted by molar-refractivity contribution is -0.119. The summed E-state index contributed by atoms with van der Waals surface area (Å²) in [4.78, 5) is 22.6. The van der Waals surface area contributed by atoms with Gasteiger partial charge in [-0.25, -0.2) is 4.79 Å². The van der Waals surface area contributed by atoms with Crippen LogP contribution < -0.4 is 10.6 Å². The van der Waals surface area contributed by atoms with Crippen molar-refractivity contribution >= 4 is 17.6 Å². The summed E-state index contributed by atoms with van der Waals surface area (Å²) in [6.45, 7) is 1.14. The van der Waals surface area contributed by atoms with Crippen molar-refractivity contribution in [3.8, 4) is 0 Å². The summed E-state index contributed by atoms with van der Waals surface area (Å²) >= 11 is 0. The Kier molecular flexibility index (Phi) is 6.38. The van der Waals surface area contributed by atoms with Gasteiger partial charge in [0.15, 0.2) is 0 Å². The minimum atomic E-state index is -0.385. The molecule has 0 aromatic heterocycles. The monoisotopic (exact) mass is 266 g/mol. The highest BCUT2D eigenvalue weighted by molar-refractivity contribution is 5.89. The first-order chi connectivity index (χ1) is 9.17. The van der Waals surface area contributed by atoms with Gasteiger partial charge in [0.2, 0.25) is 5.91 Å². The fraction of sp³-hybridized carbons (Fsp3) is 0.385. The van der Waals surface area contributed by atoms with Crippen molar-refractivity contribution in [2.45, 2.75) is 0 Å². The summed E-state index contributed by atoms with van der Waals surface area (Å²) in [5.74, 6) is -0.502. The normalized spacial score (nSPS) is 9.79. The summed E-state index contributed by atoms with van der Waals surface area (Å²) < 4.78 is 9.42. The molecular weight excluding hydrogens is 248 g/mol. The first kappa shape index (κ1) is 15.0. The lowest BCUT2D eigenvalue weighted by atomic mass is 10.2. The topological polar surface area (TPSA) is 76.7 Å². The molecule has 0 saturated carbocycles. The second-order valence-electron chi connectivity index (χ2n) is 3.77. The Bertz CT molecular complexity index is 417. The van der Waals surface area contributed by atoms with Crippen molar-refractivity contribution in [2.24, 2.45) is 0 Å². The minimum Gasteiger partial charge on any atom is -0.465 e. The van der Waals surface area contributed by atoms with E-state index < -0.39 is 0 Å². The fourth-order valence-corrected chi connectivity index (χ4v) is 1.38. The van der Waals surface area contributed by atoms with E-state index >= 15 is 0 Å². The van der Waals surface area contributed by atoms with Gasteiger partial charge in [-0.1, -0.05) is 0 Å². The summed E-state index contributed by atoms with van der Waals surface area (Å²) in [7, 11) is 2.91. The second-order valence-corrected chi connectivity index (χ2v) is 3.77. The number of amides is 1. The Balaban J connectivity index is 2.37. The van der Waals surface area contributed by atoms with Crippen LogP contribution in [0.1, 0.15) is 10.4 Å². The highest BCUT2D eigenvalue weighted by Crippen LogP contribution is 2.09. The van der Waals surface area contributed by atoms with Gasteiger partial charge in [0.25, 0.3) is 0 Å². The van der Waals surface area contributed by atoms with Crippen LogP contribution in [-0.2, 0) is 14.3 Å². The Morgan fingerprint density at radius 2 is 1.84 bits per heavy atom. The van der Waals surface area contributed by atoms with E-state index in [1.165, 1.54) is 7.11 Å². The zero-order valence-corrected chi connectivity index (χ0v) is 11.1. The maximum atomic E-state index is 11.4. The van der Waals surface area contributed by atoms with Crippen molar-refractivity contribution in [1.82, 2.24) is 5.32 Å². The van der Waals surface area contributed by atoms with Gasteiger partial charge < -0.3 is 20.1 Å². The molecule has 1 amide bonds. The molecule has 0 aliphatic carbocycles. The molecule has 0 radical (unpaired) electrons. The van der Waals surface area contributed by atoms with Crippen LogP contribution in [0.5, 0.6) is 0 Å². The Hall–Kier alpha value is -2.08. The maximum Gasteiger partial charge on any atom is 0.337 e. The van der Waals surface area contributed by atoms with Crippen LogP contribution in [0, 0.1) is 0 Å². The number of benzene rings is 1. The summed E-state index contributed by atoms with van der Waals surface area (Å²) in [5.41, 5.74) is 1.23. The summed E-state index contributed by atoms with van der Waals surface area (Å²) in [5, 5.41) is 5.64. The van der Waals surface area contributed by atoms with Crippen molar-refractivity contribution in [1.29, 1.82) is 0 Å². The van der Waals surface area contributed by atoms with E-state index in [9.17, 15) is 9.59 Å². The van der Waals surface area contributed by atoms with Crippen LogP contribution in [0.4, 0.5) is 5.69 Å². The zero-order chi connectivity index (χ0) is 14.1. The van der Waals surface area contributed by atoms with E-state index in [4.69, 9.17) is 4.74 Å². The number of hydrogen-bond donors (Lipinski definition) is 2. The molecule has 0 spiro atoms. The lowest BCUT2D eigenvalue weighted by Crippen LogP contribution is -2.32. The Morgan fingerprint density at radius 1 is 1.16 bits per heavy atom. The van der Waals surface area contributed by atoms with Gasteiger partial charge >= 0.3 is 5.97 Å². The molecule has 6 heteroatoms. The van der Waals surface area contributed by atoms with E-state index in [0.29, 0.717) is 18.7 Å². The number of anilines is 1. The van der Waals surface area contributed by atoms with E-state index in [2.05, 4.69) is 15.4 Å². The molecule has 0 aliphatic heterocycles. The van der Waals surface area contributed by atoms with Crippen LogP contribution in [0.3, 0.4) is 0 Å². The van der Waals surface area contributed by atoms with Gasteiger partial charge in [-0.15, -0.1) is 0 Å². The largest absolute Gasteiger partial charge is 0.465 e. The van der Waals surface area contributed by atoms with Gasteiger partial charge in [-0.2, -0.15) is 0 Å². The number of carbonyl (C=O) groups is 2. The molecular formula is C13H18N2O4. The third kappa shape index (κ3) is 5.39. The molecule has 0 atom stereocenters. The predicted octanol–water partition coefficient (Wildman–Crippen LogP) is 0.648.